The third kappa shape index (κ3) is 1.21. The number of rotatable bonds is 1. The van der Waals surface area contributed by atoms with Gasteiger partial charge in [0.15, 0.2) is 10.8 Å². The summed E-state index contributed by atoms with van der Waals surface area (Å²) in [6, 6.07) is 3.72. The van der Waals surface area contributed by atoms with Crippen LogP contribution in [0.1, 0.15) is 0 Å². The molecule has 0 unspecified atom stereocenters. The van der Waals surface area contributed by atoms with Crippen molar-refractivity contribution in [3.63, 3.8) is 0 Å². The van der Waals surface area contributed by atoms with Crippen molar-refractivity contribution in [2.75, 3.05) is 12.0 Å². The summed E-state index contributed by atoms with van der Waals surface area (Å²) in [5.74, 6) is 0.240. The van der Waals surface area contributed by atoms with Gasteiger partial charge < -0.3 is 5.73 Å². The topological polar surface area (TPSA) is 82.0 Å². The van der Waals surface area contributed by atoms with Gasteiger partial charge in [0.05, 0.1) is 0 Å². The van der Waals surface area contributed by atoms with Crippen molar-refractivity contribution in [3.05, 3.63) is 18.3 Å². The van der Waals surface area contributed by atoms with Gasteiger partial charge in [-0.3, -0.25) is 4.98 Å². The number of anilines is 1. The average molecular weight is 232 g/mol. The molecule has 0 aliphatic rings. The van der Waals surface area contributed by atoms with Crippen LogP contribution in [0.4, 0.5) is 5.95 Å². The minimum atomic E-state index is 0.240. The lowest BCUT2D eigenvalue weighted by Gasteiger charge is -1.99. The molecule has 0 aliphatic heterocycles. The highest BCUT2D eigenvalue weighted by molar-refractivity contribution is 7.98. The number of fused-ring (bicyclic) bond motifs is 3. The standard InChI is InChI=1S/C9H8N6S/c1-16-9-13-8(10)12-7-6-5(14-15(7)9)3-2-4-11-6/h2-4H,1H3,(H2,10,12). The highest BCUT2D eigenvalue weighted by Gasteiger charge is 2.11. The Morgan fingerprint density at radius 1 is 1.38 bits per heavy atom. The number of hydrogen-bond donors (Lipinski definition) is 1. The minimum Gasteiger partial charge on any atom is -0.368 e. The fraction of sp³-hybridized carbons (Fsp3) is 0.111. The van der Waals surface area contributed by atoms with Crippen LogP contribution in [0, 0.1) is 0 Å². The van der Waals surface area contributed by atoms with E-state index in [1.165, 1.54) is 11.8 Å². The summed E-state index contributed by atoms with van der Waals surface area (Å²) in [4.78, 5) is 12.5. The van der Waals surface area contributed by atoms with Gasteiger partial charge in [0.2, 0.25) is 5.95 Å². The molecule has 2 N–H and O–H groups in total. The minimum absolute atomic E-state index is 0.240. The highest BCUT2D eigenvalue weighted by atomic mass is 32.2. The van der Waals surface area contributed by atoms with Gasteiger partial charge in [0.1, 0.15) is 11.0 Å². The Morgan fingerprint density at radius 2 is 2.25 bits per heavy atom. The maximum Gasteiger partial charge on any atom is 0.224 e. The number of pyridine rings is 1. The first kappa shape index (κ1) is 9.34. The van der Waals surface area contributed by atoms with E-state index in [-0.39, 0.29) is 5.95 Å². The Morgan fingerprint density at radius 3 is 3.06 bits per heavy atom. The second kappa shape index (κ2) is 3.31. The van der Waals surface area contributed by atoms with Crippen LogP contribution >= 0.6 is 11.8 Å². The number of hydrogen-bond acceptors (Lipinski definition) is 6. The Balaban J connectivity index is 2.54. The molecular weight excluding hydrogens is 224 g/mol. The monoisotopic (exact) mass is 232 g/mol. The van der Waals surface area contributed by atoms with Gasteiger partial charge >= 0.3 is 0 Å². The van der Waals surface area contributed by atoms with E-state index < -0.39 is 0 Å². The normalized spacial score (nSPS) is 11.3. The van der Waals surface area contributed by atoms with E-state index in [9.17, 15) is 0 Å². The van der Waals surface area contributed by atoms with Crippen LogP contribution in [0.5, 0.6) is 0 Å². The van der Waals surface area contributed by atoms with Gasteiger partial charge in [0, 0.05) is 6.20 Å². The zero-order valence-corrected chi connectivity index (χ0v) is 9.27. The maximum atomic E-state index is 5.65. The summed E-state index contributed by atoms with van der Waals surface area (Å²) in [6.07, 6.45) is 3.63. The van der Waals surface area contributed by atoms with Crippen LogP contribution in [0.3, 0.4) is 0 Å². The van der Waals surface area contributed by atoms with Crippen molar-refractivity contribution in [3.8, 4) is 0 Å². The molecule has 0 aromatic carbocycles. The third-order valence-electron chi connectivity index (χ3n) is 2.20. The molecule has 80 valence electrons. The van der Waals surface area contributed by atoms with E-state index in [4.69, 9.17) is 5.73 Å². The predicted octanol–water partition coefficient (Wildman–Crippen LogP) is 0.977. The number of nitrogen functional groups attached to an aromatic ring is 1. The van der Waals surface area contributed by atoms with Gasteiger partial charge in [-0.05, 0) is 18.4 Å². The number of nitrogens with two attached hydrogens (primary N) is 1. The van der Waals surface area contributed by atoms with Crippen molar-refractivity contribution in [2.45, 2.75) is 5.16 Å². The summed E-state index contributed by atoms with van der Waals surface area (Å²) in [5, 5.41) is 5.09. The molecule has 3 rings (SSSR count). The predicted molar refractivity (Wildman–Crippen MR) is 62.3 cm³/mol. The molecule has 3 aromatic rings. The van der Waals surface area contributed by atoms with Crippen molar-refractivity contribution < 1.29 is 0 Å². The SMILES string of the molecule is CSc1nc(N)nc2c3ncccc3nn12. The quantitative estimate of drug-likeness (QED) is 0.630. The lowest BCUT2D eigenvalue weighted by Crippen LogP contribution is -2.03. The van der Waals surface area contributed by atoms with Crippen LogP contribution in [-0.4, -0.2) is 30.8 Å². The molecule has 0 saturated heterocycles. The Bertz CT molecular complexity index is 676. The first-order valence-electron chi connectivity index (χ1n) is 4.60. The summed E-state index contributed by atoms with van der Waals surface area (Å²) in [7, 11) is 0. The molecule has 0 fully saturated rings. The zero-order chi connectivity index (χ0) is 11.1. The Hall–Kier alpha value is -1.89. The molecule has 0 radical (unpaired) electrons. The molecule has 7 heteroatoms. The van der Waals surface area contributed by atoms with Crippen LogP contribution in [0.2, 0.25) is 0 Å². The molecule has 3 heterocycles. The van der Waals surface area contributed by atoms with Gasteiger partial charge in [-0.2, -0.15) is 19.6 Å². The first-order chi connectivity index (χ1) is 7.79. The lowest BCUT2D eigenvalue weighted by atomic mass is 10.4. The van der Waals surface area contributed by atoms with E-state index in [2.05, 4.69) is 20.1 Å². The number of nitrogens with zero attached hydrogens (tertiary/aromatic N) is 5. The average Bonchev–Trinajstić information content (AvgIpc) is 2.67. The van der Waals surface area contributed by atoms with Crippen LogP contribution in [-0.2, 0) is 0 Å². The van der Waals surface area contributed by atoms with Gasteiger partial charge in [-0.25, -0.2) is 0 Å². The third-order valence-corrected chi connectivity index (χ3v) is 2.83. The molecule has 16 heavy (non-hydrogen) atoms. The largest absolute Gasteiger partial charge is 0.368 e. The molecular formula is C9H8N6S. The van der Waals surface area contributed by atoms with Crippen LogP contribution in [0.15, 0.2) is 23.5 Å². The van der Waals surface area contributed by atoms with Crippen molar-refractivity contribution in [1.82, 2.24) is 24.6 Å². The fourth-order valence-corrected chi connectivity index (χ4v) is 2.03. The molecule has 0 saturated carbocycles. The van der Waals surface area contributed by atoms with Gasteiger partial charge in [0.25, 0.3) is 0 Å². The van der Waals surface area contributed by atoms with Gasteiger partial charge in [-0.1, -0.05) is 11.8 Å². The second-order valence-corrected chi connectivity index (χ2v) is 3.95. The summed E-state index contributed by atoms with van der Waals surface area (Å²) in [6.45, 7) is 0. The van der Waals surface area contributed by atoms with Crippen LogP contribution < -0.4 is 5.73 Å². The second-order valence-electron chi connectivity index (χ2n) is 3.18. The van der Waals surface area contributed by atoms with Crippen LogP contribution in [0.25, 0.3) is 16.7 Å². The number of aromatic nitrogens is 5. The molecule has 6 nitrogen and oxygen atoms in total. The highest BCUT2D eigenvalue weighted by Crippen LogP contribution is 2.20. The summed E-state index contributed by atoms with van der Waals surface area (Å²) >= 11 is 1.47. The van der Waals surface area contributed by atoms with E-state index >= 15 is 0 Å². The Labute approximate surface area is 94.9 Å². The van der Waals surface area contributed by atoms with Crippen molar-refractivity contribution in [1.29, 1.82) is 0 Å². The van der Waals surface area contributed by atoms with Gasteiger partial charge in [-0.15, -0.1) is 0 Å². The van der Waals surface area contributed by atoms with E-state index in [0.29, 0.717) is 10.8 Å². The maximum absolute atomic E-state index is 5.65. The van der Waals surface area contributed by atoms with Crippen molar-refractivity contribution in [2.24, 2.45) is 0 Å². The Kier molecular flexibility index (Phi) is 1.93. The fourth-order valence-electron chi connectivity index (χ4n) is 1.55. The van der Waals surface area contributed by atoms with Crippen molar-refractivity contribution >= 4 is 34.4 Å². The molecule has 0 atom stereocenters. The summed E-state index contributed by atoms with van der Waals surface area (Å²) in [5.41, 5.74) is 7.82. The molecule has 0 aliphatic carbocycles. The molecule has 0 bridgehead atoms. The summed E-state index contributed by atoms with van der Waals surface area (Å²) < 4.78 is 1.67. The number of thioether (sulfide) groups is 1. The zero-order valence-electron chi connectivity index (χ0n) is 8.45. The first-order valence-corrected chi connectivity index (χ1v) is 5.83. The molecule has 0 amide bonds. The molecule has 3 aromatic heterocycles. The lowest BCUT2D eigenvalue weighted by molar-refractivity contribution is 0.787. The molecule has 0 spiro atoms. The van der Waals surface area contributed by atoms with E-state index in [1.807, 2.05) is 18.4 Å². The van der Waals surface area contributed by atoms with E-state index in [1.54, 1.807) is 10.7 Å². The van der Waals surface area contributed by atoms with E-state index in [0.717, 1.165) is 11.0 Å². The smallest absolute Gasteiger partial charge is 0.224 e.